The van der Waals surface area contributed by atoms with E-state index < -0.39 is 12.6 Å². The molecule has 0 saturated heterocycles. The van der Waals surface area contributed by atoms with Gasteiger partial charge in [0.15, 0.2) is 0 Å². The number of rotatable bonds is 9. The molecule has 0 bridgehead atoms. The fourth-order valence-corrected chi connectivity index (χ4v) is 4.64. The van der Waals surface area contributed by atoms with Gasteiger partial charge in [0.05, 0.1) is 16.2 Å². The maximum Gasteiger partial charge on any atom is 0.303 e. The summed E-state index contributed by atoms with van der Waals surface area (Å²) in [5.74, 6) is -1.36. The first-order valence-corrected chi connectivity index (χ1v) is 11.9. The van der Waals surface area contributed by atoms with Gasteiger partial charge in [0.1, 0.15) is 13.2 Å². The van der Waals surface area contributed by atoms with Crippen molar-refractivity contribution in [2.75, 3.05) is 19.7 Å². The highest BCUT2D eigenvalue weighted by atomic mass is 35.5. The number of amides is 2. The molecule has 10 nitrogen and oxygen atoms in total. The SMILES string of the molecule is Cc1cc(-c2ccn(CC(=O)NCCCCC(=O)O)n2)c2c3c([nH]c2c1Cl)CCN(C(=O)CO)C3. The van der Waals surface area contributed by atoms with Crippen LogP contribution in [0.1, 0.15) is 36.1 Å². The van der Waals surface area contributed by atoms with E-state index in [1.807, 2.05) is 19.1 Å². The number of unbranched alkanes of at least 4 members (excludes halogenated alkanes) is 1. The van der Waals surface area contributed by atoms with E-state index in [1.54, 1.807) is 15.8 Å². The number of benzene rings is 1. The summed E-state index contributed by atoms with van der Waals surface area (Å²) in [7, 11) is 0. The maximum atomic E-state index is 12.3. The molecule has 0 unspecified atom stereocenters. The highest BCUT2D eigenvalue weighted by molar-refractivity contribution is 6.36. The number of nitrogens with zero attached hydrogens (tertiary/aromatic N) is 3. The quantitative estimate of drug-likeness (QED) is 0.331. The Balaban J connectivity index is 1.56. The van der Waals surface area contributed by atoms with Gasteiger partial charge in [-0.15, -0.1) is 0 Å². The molecule has 0 radical (unpaired) electrons. The second kappa shape index (κ2) is 10.5. The van der Waals surface area contributed by atoms with E-state index in [0.29, 0.717) is 49.6 Å². The van der Waals surface area contributed by atoms with E-state index in [0.717, 1.165) is 33.3 Å². The van der Waals surface area contributed by atoms with Crippen molar-refractivity contribution in [2.45, 2.75) is 45.7 Å². The van der Waals surface area contributed by atoms with Crippen molar-refractivity contribution in [3.63, 3.8) is 0 Å². The van der Waals surface area contributed by atoms with Crippen LogP contribution in [0.2, 0.25) is 5.02 Å². The molecule has 1 aliphatic heterocycles. The van der Waals surface area contributed by atoms with Crippen LogP contribution in [0.25, 0.3) is 22.2 Å². The predicted molar refractivity (Wildman–Crippen MR) is 130 cm³/mol. The van der Waals surface area contributed by atoms with Crippen LogP contribution < -0.4 is 5.32 Å². The minimum Gasteiger partial charge on any atom is -0.481 e. The third-order valence-corrected chi connectivity index (χ3v) is 6.71. The van der Waals surface area contributed by atoms with Crippen molar-refractivity contribution >= 4 is 40.3 Å². The number of aromatic amines is 1. The standard InChI is InChI=1S/C24H28ClN5O5/c1-14-10-15(18-6-9-30(28-18)12-19(32)26-7-3-2-4-21(34)35)22-16-11-29(20(33)13-31)8-5-17(16)27-24(22)23(14)25/h6,9-10,27,31H,2-5,7-8,11-13H2,1H3,(H,26,32)(H,34,35). The third kappa shape index (κ3) is 5.33. The van der Waals surface area contributed by atoms with E-state index in [-0.39, 0.29) is 24.8 Å². The van der Waals surface area contributed by atoms with Crippen LogP contribution in [0, 0.1) is 6.92 Å². The molecule has 1 aliphatic rings. The van der Waals surface area contributed by atoms with Gasteiger partial charge in [0, 0.05) is 60.9 Å². The van der Waals surface area contributed by atoms with Gasteiger partial charge in [-0.2, -0.15) is 5.10 Å². The molecule has 3 aromatic rings. The van der Waals surface area contributed by atoms with Crippen LogP contribution in [0.4, 0.5) is 0 Å². The van der Waals surface area contributed by atoms with E-state index in [9.17, 15) is 19.5 Å². The molecule has 0 spiro atoms. The van der Waals surface area contributed by atoms with Crippen molar-refractivity contribution < 1.29 is 24.6 Å². The summed E-state index contributed by atoms with van der Waals surface area (Å²) in [6.45, 7) is 2.73. The van der Waals surface area contributed by atoms with Crippen molar-refractivity contribution in [3.8, 4) is 11.3 Å². The van der Waals surface area contributed by atoms with Crippen LogP contribution in [-0.4, -0.2) is 67.4 Å². The number of halogens is 1. The lowest BCUT2D eigenvalue weighted by molar-refractivity contribution is -0.137. The van der Waals surface area contributed by atoms with Gasteiger partial charge in [0.25, 0.3) is 0 Å². The summed E-state index contributed by atoms with van der Waals surface area (Å²) >= 11 is 6.63. The minimum absolute atomic E-state index is 0.0403. The average molecular weight is 502 g/mol. The molecule has 11 heteroatoms. The molecule has 0 aliphatic carbocycles. The molecule has 2 amide bonds. The van der Waals surface area contributed by atoms with Gasteiger partial charge >= 0.3 is 5.97 Å². The number of hydrogen-bond donors (Lipinski definition) is 4. The van der Waals surface area contributed by atoms with E-state index in [2.05, 4.69) is 15.4 Å². The number of aliphatic hydroxyl groups excluding tert-OH is 1. The lowest BCUT2D eigenvalue weighted by Gasteiger charge is -2.26. The van der Waals surface area contributed by atoms with Crippen molar-refractivity contribution in [2.24, 2.45) is 0 Å². The van der Waals surface area contributed by atoms with Crippen LogP contribution >= 0.6 is 11.6 Å². The van der Waals surface area contributed by atoms with Crippen molar-refractivity contribution in [1.29, 1.82) is 0 Å². The summed E-state index contributed by atoms with van der Waals surface area (Å²) in [6, 6.07) is 3.79. The fraction of sp³-hybridized carbons (Fsp3) is 0.417. The number of carboxylic acid groups (broad SMARTS) is 1. The second-order valence-corrected chi connectivity index (χ2v) is 9.09. The van der Waals surface area contributed by atoms with Crippen LogP contribution in [0.15, 0.2) is 18.3 Å². The molecule has 0 saturated carbocycles. The molecule has 0 atom stereocenters. The number of H-pyrrole nitrogens is 1. The Bertz CT molecular complexity index is 1280. The van der Waals surface area contributed by atoms with Gasteiger partial charge in [-0.1, -0.05) is 11.6 Å². The molecular weight excluding hydrogens is 474 g/mol. The third-order valence-electron chi connectivity index (χ3n) is 6.22. The number of aromatic nitrogens is 3. The summed E-state index contributed by atoms with van der Waals surface area (Å²) in [6.07, 6.45) is 3.55. The molecule has 4 N–H and O–H groups in total. The number of carboxylic acids is 1. The smallest absolute Gasteiger partial charge is 0.303 e. The first-order valence-electron chi connectivity index (χ1n) is 11.5. The normalized spacial score (nSPS) is 13.2. The Hall–Kier alpha value is -3.37. The maximum absolute atomic E-state index is 12.3. The number of aliphatic carboxylic acids is 1. The van der Waals surface area contributed by atoms with Gasteiger partial charge in [-0.3, -0.25) is 19.1 Å². The number of carbonyl (C=O) groups excluding carboxylic acids is 2. The van der Waals surface area contributed by atoms with E-state index in [4.69, 9.17) is 16.7 Å². The van der Waals surface area contributed by atoms with Gasteiger partial charge in [0.2, 0.25) is 11.8 Å². The lowest BCUT2D eigenvalue weighted by atomic mass is 9.97. The molecule has 3 heterocycles. The van der Waals surface area contributed by atoms with Crippen molar-refractivity contribution in [1.82, 2.24) is 25.0 Å². The number of fused-ring (bicyclic) bond motifs is 3. The molecular formula is C24H28ClN5O5. The Labute approximate surface area is 206 Å². The largest absolute Gasteiger partial charge is 0.481 e. The Morgan fingerprint density at radius 3 is 2.83 bits per heavy atom. The molecule has 1 aromatic carbocycles. The van der Waals surface area contributed by atoms with Crippen LogP contribution in [0.5, 0.6) is 0 Å². The van der Waals surface area contributed by atoms with Crippen molar-refractivity contribution in [3.05, 3.63) is 40.2 Å². The zero-order chi connectivity index (χ0) is 25.1. The molecule has 35 heavy (non-hydrogen) atoms. The summed E-state index contributed by atoms with van der Waals surface area (Å²) in [4.78, 5) is 40.0. The summed E-state index contributed by atoms with van der Waals surface area (Å²) in [5, 5.41) is 26.9. The molecule has 4 rings (SSSR count). The van der Waals surface area contributed by atoms with Crippen LogP contribution in [-0.2, 0) is 33.9 Å². The Morgan fingerprint density at radius 1 is 1.29 bits per heavy atom. The molecule has 2 aromatic heterocycles. The topological polar surface area (TPSA) is 141 Å². The van der Waals surface area contributed by atoms with E-state index in [1.165, 1.54) is 0 Å². The highest BCUT2D eigenvalue weighted by Gasteiger charge is 2.27. The Morgan fingerprint density at radius 2 is 2.09 bits per heavy atom. The average Bonchev–Trinajstić information content (AvgIpc) is 3.45. The number of aryl methyl sites for hydroxylation is 1. The number of hydrogen-bond acceptors (Lipinski definition) is 5. The number of nitrogens with one attached hydrogen (secondary N) is 2. The first kappa shape index (κ1) is 24.7. The number of aliphatic hydroxyl groups is 1. The number of carbonyl (C=O) groups is 3. The van der Waals surface area contributed by atoms with Crippen LogP contribution in [0.3, 0.4) is 0 Å². The molecule has 186 valence electrons. The second-order valence-electron chi connectivity index (χ2n) is 8.71. The first-order chi connectivity index (χ1) is 16.8. The minimum atomic E-state index is -0.844. The van der Waals surface area contributed by atoms with Gasteiger partial charge in [-0.05, 0) is 37.5 Å². The summed E-state index contributed by atoms with van der Waals surface area (Å²) < 4.78 is 1.55. The zero-order valence-corrected chi connectivity index (χ0v) is 20.2. The zero-order valence-electron chi connectivity index (χ0n) is 19.4. The van der Waals surface area contributed by atoms with E-state index >= 15 is 0 Å². The Kier molecular flexibility index (Phi) is 7.42. The summed E-state index contributed by atoms with van der Waals surface area (Å²) in [5.41, 5.74) is 5.17. The van der Waals surface area contributed by atoms with Gasteiger partial charge < -0.3 is 25.4 Å². The predicted octanol–water partition coefficient (Wildman–Crippen LogP) is 2.24. The molecule has 0 fully saturated rings. The highest BCUT2D eigenvalue weighted by Crippen LogP contribution is 2.40. The monoisotopic (exact) mass is 501 g/mol. The van der Waals surface area contributed by atoms with Gasteiger partial charge in [-0.25, -0.2) is 0 Å². The fourth-order valence-electron chi connectivity index (χ4n) is 4.45. The lowest BCUT2D eigenvalue weighted by Crippen LogP contribution is -2.37.